The average molecular weight is 308 g/mol. The van der Waals surface area contributed by atoms with Gasteiger partial charge in [0.1, 0.15) is 6.04 Å². The van der Waals surface area contributed by atoms with Crippen LogP contribution in [0.15, 0.2) is 36.4 Å². The Morgan fingerprint density at radius 2 is 2.15 bits per heavy atom. The number of halogens is 1. The molecule has 0 radical (unpaired) electrons. The molecule has 1 aliphatic heterocycles. The van der Waals surface area contributed by atoms with E-state index < -0.39 is 12.0 Å². The molecule has 1 N–H and O–H groups in total. The Labute approximate surface area is 126 Å². The Hall–Kier alpha value is -1.36. The van der Waals surface area contributed by atoms with E-state index in [0.29, 0.717) is 6.54 Å². The van der Waals surface area contributed by atoms with E-state index in [-0.39, 0.29) is 0 Å². The number of carboxylic acid groups (broad SMARTS) is 1. The van der Waals surface area contributed by atoms with Crippen LogP contribution in [-0.2, 0) is 17.8 Å². The molecular weight excluding hydrogens is 294 g/mol. The van der Waals surface area contributed by atoms with Gasteiger partial charge in [0.2, 0.25) is 0 Å². The van der Waals surface area contributed by atoms with E-state index in [1.54, 1.807) is 0 Å². The number of carboxylic acids is 1. The summed E-state index contributed by atoms with van der Waals surface area (Å²) in [5.41, 5.74) is 2.05. The zero-order chi connectivity index (χ0) is 14.1. The molecule has 1 aliphatic rings. The van der Waals surface area contributed by atoms with E-state index in [2.05, 4.69) is 0 Å². The molecular formula is C15H14ClNO2S. The molecule has 0 fully saturated rings. The number of hydrogen-bond donors (Lipinski definition) is 1. The fourth-order valence-electron chi connectivity index (χ4n) is 2.71. The summed E-state index contributed by atoms with van der Waals surface area (Å²) in [5.74, 6) is -0.792. The van der Waals surface area contributed by atoms with Crippen molar-refractivity contribution in [3.8, 4) is 0 Å². The summed E-state index contributed by atoms with van der Waals surface area (Å²) in [6.07, 6.45) is 0.888. The van der Waals surface area contributed by atoms with Crippen LogP contribution in [0.4, 0.5) is 0 Å². The predicted octanol–water partition coefficient (Wildman–Crippen LogP) is 3.59. The Kier molecular flexibility index (Phi) is 3.78. The van der Waals surface area contributed by atoms with Crippen molar-refractivity contribution in [2.45, 2.75) is 19.0 Å². The number of nitrogens with zero attached hydrogens (tertiary/aromatic N) is 1. The molecule has 0 saturated heterocycles. The van der Waals surface area contributed by atoms with Crippen molar-refractivity contribution in [1.29, 1.82) is 0 Å². The molecule has 1 unspecified atom stereocenters. The lowest BCUT2D eigenvalue weighted by molar-refractivity contribution is -0.144. The number of fused-ring (bicyclic) bond motifs is 1. The van der Waals surface area contributed by atoms with Crippen LogP contribution in [-0.4, -0.2) is 22.5 Å². The Morgan fingerprint density at radius 1 is 1.35 bits per heavy atom. The highest BCUT2D eigenvalue weighted by molar-refractivity contribution is 7.16. The maximum absolute atomic E-state index is 11.7. The average Bonchev–Trinajstić information content (AvgIpc) is 2.83. The number of benzene rings is 1. The van der Waals surface area contributed by atoms with Gasteiger partial charge >= 0.3 is 5.97 Å². The molecule has 104 valence electrons. The van der Waals surface area contributed by atoms with Crippen molar-refractivity contribution in [3.05, 3.63) is 56.7 Å². The van der Waals surface area contributed by atoms with Gasteiger partial charge in [-0.1, -0.05) is 35.9 Å². The fourth-order valence-corrected chi connectivity index (χ4v) is 3.83. The molecule has 0 amide bonds. The molecule has 1 aromatic heterocycles. The minimum Gasteiger partial charge on any atom is -0.480 e. The monoisotopic (exact) mass is 307 g/mol. The van der Waals surface area contributed by atoms with E-state index in [1.165, 1.54) is 11.3 Å². The second kappa shape index (κ2) is 5.56. The molecule has 20 heavy (non-hydrogen) atoms. The van der Waals surface area contributed by atoms with Crippen molar-refractivity contribution >= 4 is 28.9 Å². The second-order valence-electron chi connectivity index (χ2n) is 4.87. The maximum Gasteiger partial charge on any atom is 0.325 e. The number of aliphatic carboxylic acids is 1. The van der Waals surface area contributed by atoms with E-state index in [0.717, 1.165) is 33.3 Å². The third kappa shape index (κ3) is 2.59. The summed E-state index contributed by atoms with van der Waals surface area (Å²) in [7, 11) is 0. The van der Waals surface area contributed by atoms with Gasteiger partial charge in [-0.05, 0) is 29.7 Å². The molecule has 3 nitrogen and oxygen atoms in total. The molecule has 5 heteroatoms. The third-order valence-corrected chi connectivity index (χ3v) is 4.82. The van der Waals surface area contributed by atoms with Crippen molar-refractivity contribution in [2.75, 3.05) is 6.54 Å². The lowest BCUT2D eigenvalue weighted by Gasteiger charge is -2.34. The summed E-state index contributed by atoms with van der Waals surface area (Å²) in [4.78, 5) is 14.8. The first kappa shape index (κ1) is 13.6. The van der Waals surface area contributed by atoms with Crippen LogP contribution in [0.2, 0.25) is 4.34 Å². The minimum atomic E-state index is -0.792. The van der Waals surface area contributed by atoms with Gasteiger partial charge in [-0.3, -0.25) is 9.69 Å². The zero-order valence-electron chi connectivity index (χ0n) is 10.8. The number of rotatable bonds is 3. The summed E-state index contributed by atoms with van der Waals surface area (Å²) in [6.45, 7) is 1.38. The molecule has 1 atom stereocenters. The van der Waals surface area contributed by atoms with Gasteiger partial charge in [-0.2, -0.15) is 0 Å². The lowest BCUT2D eigenvalue weighted by atomic mass is 9.92. The fraction of sp³-hybridized carbons (Fsp3) is 0.267. The van der Waals surface area contributed by atoms with Gasteiger partial charge in [0, 0.05) is 18.0 Å². The van der Waals surface area contributed by atoms with Crippen LogP contribution in [0.1, 0.15) is 22.0 Å². The number of thiophene rings is 1. The van der Waals surface area contributed by atoms with Crippen molar-refractivity contribution in [3.63, 3.8) is 0 Å². The Balaban J connectivity index is 1.90. The minimum absolute atomic E-state index is 0.569. The Bertz CT molecular complexity index is 640. The van der Waals surface area contributed by atoms with E-state index in [4.69, 9.17) is 11.6 Å². The molecule has 2 aromatic rings. The standard InChI is InChI=1S/C15H14ClNO2S/c16-13-6-5-11(20-13)9-17-8-7-10-3-1-2-4-12(10)14(17)15(18)19/h1-6,14H,7-9H2,(H,18,19). The van der Waals surface area contributed by atoms with Crippen LogP contribution in [0.5, 0.6) is 0 Å². The van der Waals surface area contributed by atoms with E-state index in [9.17, 15) is 9.90 Å². The molecule has 0 spiro atoms. The van der Waals surface area contributed by atoms with E-state index in [1.807, 2.05) is 41.3 Å². The summed E-state index contributed by atoms with van der Waals surface area (Å²) < 4.78 is 0.740. The summed E-state index contributed by atoms with van der Waals surface area (Å²) in [6, 6.07) is 11.1. The largest absolute Gasteiger partial charge is 0.480 e. The van der Waals surface area contributed by atoms with E-state index >= 15 is 0 Å². The highest BCUT2D eigenvalue weighted by Gasteiger charge is 2.32. The zero-order valence-corrected chi connectivity index (χ0v) is 12.3. The van der Waals surface area contributed by atoms with Crippen LogP contribution in [0.25, 0.3) is 0 Å². The summed E-state index contributed by atoms with van der Waals surface area (Å²) >= 11 is 7.45. The lowest BCUT2D eigenvalue weighted by Crippen LogP contribution is -2.39. The van der Waals surface area contributed by atoms with Crippen LogP contribution >= 0.6 is 22.9 Å². The molecule has 3 rings (SSSR count). The first-order valence-corrected chi connectivity index (χ1v) is 7.63. The Morgan fingerprint density at radius 3 is 2.85 bits per heavy atom. The highest BCUT2D eigenvalue weighted by Crippen LogP contribution is 2.32. The quantitative estimate of drug-likeness (QED) is 0.942. The summed E-state index contributed by atoms with van der Waals surface area (Å²) in [5, 5.41) is 9.57. The predicted molar refractivity (Wildman–Crippen MR) is 80.3 cm³/mol. The topological polar surface area (TPSA) is 40.5 Å². The van der Waals surface area contributed by atoms with Crippen LogP contribution < -0.4 is 0 Å². The smallest absolute Gasteiger partial charge is 0.325 e. The normalized spacial score (nSPS) is 18.8. The van der Waals surface area contributed by atoms with Gasteiger partial charge in [0.05, 0.1) is 4.34 Å². The second-order valence-corrected chi connectivity index (χ2v) is 6.67. The van der Waals surface area contributed by atoms with Gasteiger partial charge in [-0.25, -0.2) is 0 Å². The van der Waals surface area contributed by atoms with Crippen molar-refractivity contribution in [1.82, 2.24) is 4.90 Å². The molecule has 0 bridgehead atoms. The maximum atomic E-state index is 11.7. The SMILES string of the molecule is O=C(O)C1c2ccccc2CCN1Cc1ccc(Cl)s1. The molecule has 1 aromatic carbocycles. The molecule has 0 aliphatic carbocycles. The highest BCUT2D eigenvalue weighted by atomic mass is 35.5. The van der Waals surface area contributed by atoms with Crippen molar-refractivity contribution < 1.29 is 9.90 Å². The van der Waals surface area contributed by atoms with Gasteiger partial charge in [-0.15, -0.1) is 11.3 Å². The van der Waals surface area contributed by atoms with Gasteiger partial charge in [0.25, 0.3) is 0 Å². The number of hydrogen-bond acceptors (Lipinski definition) is 3. The first-order chi connectivity index (χ1) is 9.65. The van der Waals surface area contributed by atoms with Gasteiger partial charge in [0.15, 0.2) is 0 Å². The van der Waals surface area contributed by atoms with Crippen LogP contribution in [0, 0.1) is 0 Å². The first-order valence-electron chi connectivity index (χ1n) is 6.44. The third-order valence-electron chi connectivity index (χ3n) is 3.60. The number of carbonyl (C=O) groups is 1. The van der Waals surface area contributed by atoms with Crippen molar-refractivity contribution in [2.24, 2.45) is 0 Å². The van der Waals surface area contributed by atoms with Crippen LogP contribution in [0.3, 0.4) is 0 Å². The van der Waals surface area contributed by atoms with Gasteiger partial charge < -0.3 is 5.11 Å². The molecule has 0 saturated carbocycles. The molecule has 2 heterocycles.